The lowest BCUT2D eigenvalue weighted by Gasteiger charge is -2.30. The fourth-order valence-corrected chi connectivity index (χ4v) is 2.50. The predicted molar refractivity (Wildman–Crippen MR) is 68.5 cm³/mol. The molecule has 0 bridgehead atoms. The van der Waals surface area contributed by atoms with Crippen LogP contribution in [0.4, 0.5) is 0 Å². The van der Waals surface area contributed by atoms with Crippen LogP contribution in [-0.4, -0.2) is 14.8 Å². The summed E-state index contributed by atoms with van der Waals surface area (Å²) >= 11 is 0. The van der Waals surface area contributed by atoms with Gasteiger partial charge >= 0.3 is 0 Å². The molecule has 1 aliphatic rings. The third-order valence-corrected chi connectivity index (χ3v) is 3.78. The van der Waals surface area contributed by atoms with Gasteiger partial charge in [-0.15, -0.1) is 10.2 Å². The Morgan fingerprint density at radius 3 is 2.53 bits per heavy atom. The molecule has 2 N–H and O–H groups in total. The lowest BCUT2D eigenvalue weighted by molar-refractivity contribution is 0.283. The van der Waals surface area contributed by atoms with Crippen LogP contribution in [-0.2, 0) is 0 Å². The van der Waals surface area contributed by atoms with E-state index in [1.165, 1.54) is 32.1 Å². The quantitative estimate of drug-likeness (QED) is 0.859. The van der Waals surface area contributed by atoms with Crippen molar-refractivity contribution in [3.63, 3.8) is 0 Å². The van der Waals surface area contributed by atoms with E-state index in [2.05, 4.69) is 35.5 Å². The monoisotopic (exact) mass is 236 g/mol. The number of rotatable bonds is 2. The van der Waals surface area contributed by atoms with Gasteiger partial charge in [-0.3, -0.25) is 0 Å². The van der Waals surface area contributed by atoms with Crippen molar-refractivity contribution in [3.8, 4) is 0 Å². The molecule has 17 heavy (non-hydrogen) atoms. The van der Waals surface area contributed by atoms with E-state index in [4.69, 9.17) is 5.73 Å². The molecule has 4 nitrogen and oxygen atoms in total. The Bertz CT molecular complexity index is 358. The van der Waals surface area contributed by atoms with Crippen molar-refractivity contribution in [2.24, 2.45) is 11.1 Å². The molecule has 0 spiro atoms. The van der Waals surface area contributed by atoms with Crippen molar-refractivity contribution in [1.29, 1.82) is 0 Å². The number of aromatic nitrogens is 3. The highest BCUT2D eigenvalue weighted by Gasteiger charge is 2.29. The van der Waals surface area contributed by atoms with Crippen LogP contribution >= 0.6 is 0 Å². The normalized spacial score (nSPS) is 20.5. The minimum atomic E-state index is -0.0491. The molecule has 4 heteroatoms. The van der Waals surface area contributed by atoms with E-state index in [9.17, 15) is 0 Å². The summed E-state index contributed by atoms with van der Waals surface area (Å²) in [5.74, 6) is 0.949. The van der Waals surface area contributed by atoms with E-state index in [1.807, 2.05) is 6.33 Å². The van der Waals surface area contributed by atoms with E-state index in [-0.39, 0.29) is 11.5 Å². The van der Waals surface area contributed by atoms with Gasteiger partial charge in [0.2, 0.25) is 0 Å². The molecule has 2 rings (SSSR count). The van der Waals surface area contributed by atoms with Crippen LogP contribution in [0.15, 0.2) is 6.33 Å². The SMILES string of the molecule is CC(C)(C)[C@H](N)c1nncn1C1CCCCC1. The molecule has 0 saturated heterocycles. The van der Waals surface area contributed by atoms with Crippen LogP contribution in [0.1, 0.15) is 70.8 Å². The standard InChI is InChI=1S/C13H24N4/c1-13(2,3)11(14)12-16-15-9-17(12)10-7-5-4-6-8-10/h9-11H,4-8,14H2,1-3H3/t11-/m1/s1. The largest absolute Gasteiger partial charge is 0.321 e. The Morgan fingerprint density at radius 1 is 1.29 bits per heavy atom. The zero-order valence-electron chi connectivity index (χ0n) is 11.2. The Balaban J connectivity index is 2.21. The molecule has 0 radical (unpaired) electrons. The maximum Gasteiger partial charge on any atom is 0.150 e. The Morgan fingerprint density at radius 2 is 1.94 bits per heavy atom. The van der Waals surface area contributed by atoms with Gasteiger partial charge in [-0.25, -0.2) is 0 Å². The summed E-state index contributed by atoms with van der Waals surface area (Å²) in [5, 5.41) is 8.31. The Labute approximate surface area is 104 Å². The summed E-state index contributed by atoms with van der Waals surface area (Å²) in [4.78, 5) is 0. The molecule has 1 heterocycles. The van der Waals surface area contributed by atoms with Crippen molar-refractivity contribution >= 4 is 0 Å². The second kappa shape index (κ2) is 4.77. The molecule has 0 unspecified atom stereocenters. The molecule has 1 atom stereocenters. The molecular weight excluding hydrogens is 212 g/mol. The van der Waals surface area contributed by atoms with Crippen molar-refractivity contribution in [2.75, 3.05) is 0 Å². The van der Waals surface area contributed by atoms with Gasteiger partial charge in [-0.1, -0.05) is 40.0 Å². The van der Waals surface area contributed by atoms with Crippen molar-refractivity contribution in [2.45, 2.75) is 65.0 Å². The zero-order valence-corrected chi connectivity index (χ0v) is 11.2. The summed E-state index contributed by atoms with van der Waals surface area (Å²) < 4.78 is 2.22. The van der Waals surface area contributed by atoms with E-state index in [1.54, 1.807) is 0 Å². The molecule has 0 aromatic carbocycles. The summed E-state index contributed by atoms with van der Waals surface area (Å²) in [6, 6.07) is 0.508. The maximum absolute atomic E-state index is 6.30. The third kappa shape index (κ3) is 2.68. The molecule has 1 fully saturated rings. The summed E-state index contributed by atoms with van der Waals surface area (Å²) in [6.07, 6.45) is 8.32. The Hall–Kier alpha value is -0.900. The van der Waals surface area contributed by atoms with Gasteiger partial charge in [0.25, 0.3) is 0 Å². The first-order chi connectivity index (χ1) is 8.00. The van der Waals surface area contributed by atoms with Gasteiger partial charge in [0.05, 0.1) is 6.04 Å². The minimum Gasteiger partial charge on any atom is -0.321 e. The molecule has 1 saturated carbocycles. The zero-order chi connectivity index (χ0) is 12.5. The molecule has 1 aromatic rings. The first-order valence-electron chi connectivity index (χ1n) is 6.65. The molecular formula is C13H24N4. The van der Waals surface area contributed by atoms with Gasteiger partial charge in [0, 0.05) is 6.04 Å². The van der Waals surface area contributed by atoms with Crippen LogP contribution in [0.3, 0.4) is 0 Å². The highest BCUT2D eigenvalue weighted by molar-refractivity contribution is 5.01. The van der Waals surface area contributed by atoms with E-state index >= 15 is 0 Å². The maximum atomic E-state index is 6.30. The molecule has 96 valence electrons. The predicted octanol–water partition coefficient (Wildman–Crippen LogP) is 2.83. The average Bonchev–Trinajstić information content (AvgIpc) is 2.76. The number of hydrogen-bond donors (Lipinski definition) is 1. The van der Waals surface area contributed by atoms with Crippen molar-refractivity contribution in [1.82, 2.24) is 14.8 Å². The van der Waals surface area contributed by atoms with Crippen molar-refractivity contribution in [3.05, 3.63) is 12.2 Å². The smallest absolute Gasteiger partial charge is 0.150 e. The molecule has 0 aliphatic heterocycles. The van der Waals surface area contributed by atoms with Gasteiger partial charge in [-0.2, -0.15) is 0 Å². The minimum absolute atomic E-state index is 0.0272. The van der Waals surface area contributed by atoms with Crippen LogP contribution in [0.2, 0.25) is 0 Å². The highest BCUT2D eigenvalue weighted by atomic mass is 15.3. The lowest BCUT2D eigenvalue weighted by Crippen LogP contribution is -2.30. The van der Waals surface area contributed by atoms with Gasteiger partial charge in [-0.05, 0) is 18.3 Å². The van der Waals surface area contributed by atoms with E-state index in [0.717, 1.165) is 5.82 Å². The van der Waals surface area contributed by atoms with Crippen LogP contribution in [0.5, 0.6) is 0 Å². The topological polar surface area (TPSA) is 56.7 Å². The lowest BCUT2D eigenvalue weighted by atomic mass is 9.86. The van der Waals surface area contributed by atoms with Gasteiger partial charge in [0.1, 0.15) is 6.33 Å². The average molecular weight is 236 g/mol. The summed E-state index contributed by atoms with van der Waals surface area (Å²) in [5.41, 5.74) is 6.33. The molecule has 0 amide bonds. The second-order valence-corrected chi connectivity index (χ2v) is 6.23. The molecule has 1 aromatic heterocycles. The van der Waals surface area contributed by atoms with E-state index < -0.39 is 0 Å². The van der Waals surface area contributed by atoms with Crippen LogP contribution < -0.4 is 5.73 Å². The highest BCUT2D eigenvalue weighted by Crippen LogP contribution is 2.34. The Kier molecular flexibility index (Phi) is 3.52. The van der Waals surface area contributed by atoms with Crippen LogP contribution in [0.25, 0.3) is 0 Å². The van der Waals surface area contributed by atoms with Gasteiger partial charge < -0.3 is 10.3 Å². The fourth-order valence-electron chi connectivity index (χ4n) is 2.50. The number of nitrogens with two attached hydrogens (primary N) is 1. The van der Waals surface area contributed by atoms with Crippen molar-refractivity contribution < 1.29 is 0 Å². The summed E-state index contributed by atoms with van der Waals surface area (Å²) in [7, 11) is 0. The molecule has 1 aliphatic carbocycles. The number of hydrogen-bond acceptors (Lipinski definition) is 3. The first kappa shape index (κ1) is 12.6. The van der Waals surface area contributed by atoms with E-state index in [0.29, 0.717) is 6.04 Å². The summed E-state index contributed by atoms with van der Waals surface area (Å²) in [6.45, 7) is 6.45. The first-order valence-corrected chi connectivity index (χ1v) is 6.65. The van der Waals surface area contributed by atoms with Gasteiger partial charge in [0.15, 0.2) is 5.82 Å². The number of nitrogens with zero attached hydrogens (tertiary/aromatic N) is 3. The third-order valence-electron chi connectivity index (χ3n) is 3.78. The second-order valence-electron chi connectivity index (χ2n) is 6.23. The van der Waals surface area contributed by atoms with Crippen LogP contribution in [0, 0.1) is 5.41 Å². The fraction of sp³-hybridized carbons (Fsp3) is 0.846.